The molecule has 1 aliphatic rings. The number of allylic oxidation sites excluding steroid dienone is 1. The van der Waals surface area contributed by atoms with Gasteiger partial charge in [0.15, 0.2) is 0 Å². The molecular formula is C22H38O5. The summed E-state index contributed by atoms with van der Waals surface area (Å²) >= 11 is 0. The lowest BCUT2D eigenvalue weighted by Gasteiger charge is -2.20. The molecule has 0 saturated heterocycles. The van der Waals surface area contributed by atoms with Crippen molar-refractivity contribution in [3.05, 3.63) is 12.2 Å². The fourth-order valence-electron chi connectivity index (χ4n) is 3.97. The quantitative estimate of drug-likeness (QED) is 0.271. The number of methoxy groups -OCH3 is 1. The molecule has 0 aromatic carbocycles. The summed E-state index contributed by atoms with van der Waals surface area (Å²) in [5.74, 6) is 0.00865. The number of hydrogen-bond donors (Lipinski definition) is 2. The van der Waals surface area contributed by atoms with Gasteiger partial charge in [-0.15, -0.1) is 0 Å². The molecule has 4 atom stereocenters. The minimum absolute atomic E-state index is 0.0162. The Morgan fingerprint density at radius 3 is 2.63 bits per heavy atom. The fraction of sp³-hybridized carbons (Fsp3) is 0.818. The first-order valence-corrected chi connectivity index (χ1v) is 10.6. The van der Waals surface area contributed by atoms with Crippen LogP contribution in [0.3, 0.4) is 0 Å². The number of ether oxygens (including phenoxy) is 1. The highest BCUT2D eigenvalue weighted by Gasteiger charge is 2.39. The lowest BCUT2D eigenvalue weighted by Crippen LogP contribution is -2.18. The van der Waals surface area contributed by atoms with E-state index in [0.29, 0.717) is 12.8 Å². The van der Waals surface area contributed by atoms with Gasteiger partial charge in [-0.1, -0.05) is 57.6 Å². The van der Waals surface area contributed by atoms with Crippen molar-refractivity contribution in [2.45, 2.75) is 83.7 Å². The number of ketones is 1. The van der Waals surface area contributed by atoms with Gasteiger partial charge in [-0.05, 0) is 31.1 Å². The largest absolute Gasteiger partial charge is 0.469 e. The standard InChI is InChI=1S/C22H38O5/c1-3-4-7-10-18(24)13-14-19-17(16-23)15-21(25)20(19)11-8-5-6-9-12-22(26)27-2/h13-14,17-20,23-24H,3-12,15-16H2,1-2H3/t17?,18?,19-,20+/m1/s1. The van der Waals surface area contributed by atoms with E-state index in [-0.39, 0.29) is 36.1 Å². The molecule has 2 unspecified atom stereocenters. The average molecular weight is 383 g/mol. The minimum atomic E-state index is -0.467. The molecule has 1 fully saturated rings. The number of hydrogen-bond acceptors (Lipinski definition) is 5. The molecule has 0 aromatic rings. The van der Waals surface area contributed by atoms with Crippen LogP contribution in [0.25, 0.3) is 0 Å². The Bertz CT molecular complexity index is 460. The number of Topliss-reactive ketones (excluding diaryl/α,β-unsaturated/α-hetero) is 1. The van der Waals surface area contributed by atoms with Crippen LogP contribution in [0.1, 0.15) is 77.6 Å². The maximum Gasteiger partial charge on any atom is 0.305 e. The van der Waals surface area contributed by atoms with Crippen molar-refractivity contribution in [1.82, 2.24) is 0 Å². The first kappa shape index (κ1) is 23.8. The molecule has 156 valence electrons. The van der Waals surface area contributed by atoms with Crippen LogP contribution in [0, 0.1) is 17.8 Å². The topological polar surface area (TPSA) is 83.8 Å². The van der Waals surface area contributed by atoms with Gasteiger partial charge in [0.05, 0.1) is 13.2 Å². The summed E-state index contributed by atoms with van der Waals surface area (Å²) in [6.45, 7) is 2.15. The molecule has 0 spiro atoms. The number of aliphatic hydroxyl groups excluding tert-OH is 2. The van der Waals surface area contributed by atoms with E-state index in [4.69, 9.17) is 0 Å². The number of unbranched alkanes of at least 4 members (excludes halogenated alkanes) is 5. The summed E-state index contributed by atoms with van der Waals surface area (Å²) < 4.78 is 4.63. The van der Waals surface area contributed by atoms with Crippen molar-refractivity contribution in [2.75, 3.05) is 13.7 Å². The zero-order valence-electron chi connectivity index (χ0n) is 17.1. The Morgan fingerprint density at radius 1 is 1.22 bits per heavy atom. The molecule has 1 aliphatic carbocycles. The third-order valence-corrected chi connectivity index (χ3v) is 5.65. The van der Waals surface area contributed by atoms with Gasteiger partial charge in [0.2, 0.25) is 0 Å². The molecule has 2 N–H and O–H groups in total. The second-order valence-corrected chi connectivity index (χ2v) is 7.77. The van der Waals surface area contributed by atoms with Gasteiger partial charge in [-0.2, -0.15) is 0 Å². The summed E-state index contributed by atoms with van der Waals surface area (Å²) in [4.78, 5) is 23.5. The van der Waals surface area contributed by atoms with Gasteiger partial charge in [0.25, 0.3) is 0 Å². The summed E-state index contributed by atoms with van der Waals surface area (Å²) in [6, 6.07) is 0. The van der Waals surface area contributed by atoms with Gasteiger partial charge in [-0.25, -0.2) is 0 Å². The predicted octanol–water partition coefficient (Wildman–Crippen LogP) is 3.81. The van der Waals surface area contributed by atoms with Gasteiger partial charge >= 0.3 is 5.97 Å². The predicted molar refractivity (Wildman–Crippen MR) is 106 cm³/mol. The van der Waals surface area contributed by atoms with E-state index in [1.54, 1.807) is 0 Å². The van der Waals surface area contributed by atoms with Crippen molar-refractivity contribution < 1.29 is 24.5 Å². The second kappa shape index (κ2) is 13.9. The third kappa shape index (κ3) is 9.02. The highest BCUT2D eigenvalue weighted by Crippen LogP contribution is 2.38. The lowest BCUT2D eigenvalue weighted by molar-refractivity contribution is -0.140. The monoisotopic (exact) mass is 382 g/mol. The molecule has 1 saturated carbocycles. The van der Waals surface area contributed by atoms with Gasteiger partial charge < -0.3 is 14.9 Å². The Hall–Kier alpha value is -1.20. The molecule has 5 nitrogen and oxygen atoms in total. The summed E-state index contributed by atoms with van der Waals surface area (Å²) in [7, 11) is 1.40. The van der Waals surface area contributed by atoms with E-state index in [9.17, 15) is 19.8 Å². The number of rotatable bonds is 14. The minimum Gasteiger partial charge on any atom is -0.469 e. The van der Waals surface area contributed by atoms with Gasteiger partial charge in [0, 0.05) is 25.4 Å². The van der Waals surface area contributed by atoms with Crippen LogP contribution in [-0.4, -0.2) is 41.8 Å². The van der Waals surface area contributed by atoms with Crippen molar-refractivity contribution in [2.24, 2.45) is 17.8 Å². The van der Waals surface area contributed by atoms with Crippen molar-refractivity contribution in [3.63, 3.8) is 0 Å². The van der Waals surface area contributed by atoms with Crippen LogP contribution in [0.4, 0.5) is 0 Å². The number of aliphatic hydroxyl groups is 2. The first-order chi connectivity index (χ1) is 13.0. The molecule has 0 heterocycles. The Labute approximate surface area is 164 Å². The molecule has 0 aliphatic heterocycles. The maximum atomic E-state index is 12.4. The fourth-order valence-corrected chi connectivity index (χ4v) is 3.97. The molecule has 0 bridgehead atoms. The molecule has 1 rings (SSSR count). The summed E-state index contributed by atoms with van der Waals surface area (Å²) in [6.07, 6.45) is 12.7. The molecule has 27 heavy (non-hydrogen) atoms. The van der Waals surface area contributed by atoms with Crippen LogP contribution in [0.15, 0.2) is 12.2 Å². The van der Waals surface area contributed by atoms with Gasteiger partial charge in [-0.3, -0.25) is 9.59 Å². The molecule has 0 aromatic heterocycles. The van der Waals surface area contributed by atoms with Crippen molar-refractivity contribution in [1.29, 1.82) is 0 Å². The van der Waals surface area contributed by atoms with E-state index >= 15 is 0 Å². The highest BCUT2D eigenvalue weighted by molar-refractivity contribution is 5.84. The third-order valence-electron chi connectivity index (χ3n) is 5.65. The molecule has 0 radical (unpaired) electrons. The van der Waals surface area contributed by atoms with Crippen LogP contribution in [0.5, 0.6) is 0 Å². The Kier molecular flexibility index (Phi) is 12.3. The van der Waals surface area contributed by atoms with Crippen molar-refractivity contribution in [3.8, 4) is 0 Å². The second-order valence-electron chi connectivity index (χ2n) is 7.77. The van der Waals surface area contributed by atoms with E-state index in [1.807, 2.05) is 12.2 Å². The smallest absolute Gasteiger partial charge is 0.305 e. The summed E-state index contributed by atoms with van der Waals surface area (Å²) in [5, 5.41) is 19.7. The highest BCUT2D eigenvalue weighted by atomic mass is 16.5. The van der Waals surface area contributed by atoms with E-state index < -0.39 is 6.10 Å². The van der Waals surface area contributed by atoms with E-state index in [1.165, 1.54) is 7.11 Å². The Balaban J connectivity index is 2.44. The molecular weight excluding hydrogens is 344 g/mol. The zero-order valence-corrected chi connectivity index (χ0v) is 17.1. The van der Waals surface area contributed by atoms with E-state index in [2.05, 4.69) is 11.7 Å². The average Bonchev–Trinajstić information content (AvgIpc) is 2.97. The lowest BCUT2D eigenvalue weighted by atomic mass is 9.85. The van der Waals surface area contributed by atoms with Crippen LogP contribution in [-0.2, 0) is 14.3 Å². The first-order valence-electron chi connectivity index (χ1n) is 10.6. The van der Waals surface area contributed by atoms with Crippen LogP contribution in [0.2, 0.25) is 0 Å². The number of carbonyl (C=O) groups is 2. The van der Waals surface area contributed by atoms with Crippen LogP contribution < -0.4 is 0 Å². The Morgan fingerprint density at radius 2 is 1.96 bits per heavy atom. The van der Waals surface area contributed by atoms with Crippen LogP contribution >= 0.6 is 0 Å². The normalized spacial score (nSPS) is 23.9. The van der Waals surface area contributed by atoms with E-state index in [0.717, 1.165) is 57.8 Å². The van der Waals surface area contributed by atoms with Crippen molar-refractivity contribution >= 4 is 11.8 Å². The van der Waals surface area contributed by atoms with Gasteiger partial charge in [0.1, 0.15) is 5.78 Å². The number of esters is 1. The number of carbonyl (C=O) groups excluding carboxylic acids is 2. The maximum absolute atomic E-state index is 12.4. The molecule has 5 heteroatoms. The SMILES string of the molecule is CCCCCC(O)C=C[C@@H]1C(CO)CC(=O)[C@H]1CCCCCCC(=O)OC. The summed E-state index contributed by atoms with van der Waals surface area (Å²) in [5.41, 5.74) is 0. The molecule has 0 amide bonds. The zero-order chi connectivity index (χ0) is 20.1.